The molecule has 4 nitrogen and oxygen atoms in total. The third-order valence-corrected chi connectivity index (χ3v) is 4.31. The molecule has 0 bridgehead atoms. The summed E-state index contributed by atoms with van der Waals surface area (Å²) in [7, 11) is 0. The lowest BCUT2D eigenvalue weighted by molar-refractivity contribution is -0.115. The number of carbonyl (C=O) groups is 1. The third kappa shape index (κ3) is 5.01. The van der Waals surface area contributed by atoms with Gasteiger partial charge in [0.25, 0.3) is 0 Å². The summed E-state index contributed by atoms with van der Waals surface area (Å²) in [5.41, 5.74) is 4.10. The number of aryl methyl sites for hydroxylation is 2. The molecule has 4 heteroatoms. The normalized spacial score (nSPS) is 10.5. The molecule has 0 saturated carbocycles. The van der Waals surface area contributed by atoms with Crippen LogP contribution in [0.5, 0.6) is 11.5 Å². The molecule has 1 amide bonds. The summed E-state index contributed by atoms with van der Waals surface area (Å²) in [6.07, 6.45) is 2.35. The van der Waals surface area contributed by atoms with E-state index in [1.807, 2.05) is 38.1 Å². The van der Waals surface area contributed by atoms with Gasteiger partial charge in [0.2, 0.25) is 5.91 Å². The van der Waals surface area contributed by atoms with E-state index >= 15 is 0 Å². The number of amides is 1. The van der Waals surface area contributed by atoms with Crippen molar-refractivity contribution < 1.29 is 14.3 Å². The van der Waals surface area contributed by atoms with Crippen molar-refractivity contribution in [3.05, 3.63) is 53.1 Å². The van der Waals surface area contributed by atoms with E-state index < -0.39 is 0 Å². The minimum atomic E-state index is -0.0264. The van der Waals surface area contributed by atoms with Gasteiger partial charge in [-0.05, 0) is 49.1 Å². The quantitative estimate of drug-likeness (QED) is 0.678. The minimum Gasteiger partial charge on any atom is -0.493 e. The molecule has 0 saturated heterocycles. The summed E-state index contributed by atoms with van der Waals surface area (Å²) in [4.78, 5) is 11.9. The Bertz CT molecular complexity index is 740. The van der Waals surface area contributed by atoms with E-state index in [1.54, 1.807) is 0 Å². The van der Waals surface area contributed by atoms with E-state index in [0.717, 1.165) is 35.6 Å². The molecule has 0 heterocycles. The highest BCUT2D eigenvalue weighted by Crippen LogP contribution is 2.30. The second-order valence-electron chi connectivity index (χ2n) is 6.05. The number of hydrogen-bond acceptors (Lipinski definition) is 3. The van der Waals surface area contributed by atoms with Gasteiger partial charge in [0.1, 0.15) is 18.1 Å². The molecule has 2 aromatic rings. The number of rotatable bonds is 9. The van der Waals surface area contributed by atoms with Crippen molar-refractivity contribution in [2.24, 2.45) is 0 Å². The molecule has 0 atom stereocenters. The summed E-state index contributed by atoms with van der Waals surface area (Å²) in [6.45, 7) is 8.96. The number of anilines is 1. The van der Waals surface area contributed by atoms with Gasteiger partial charge < -0.3 is 14.8 Å². The number of carbonyl (C=O) groups excluding carboxylic acids is 1. The van der Waals surface area contributed by atoms with Gasteiger partial charge in [0, 0.05) is 6.42 Å². The molecule has 0 spiro atoms. The lowest BCUT2D eigenvalue weighted by atomic mass is 10.1. The fraction of sp³-hybridized carbons (Fsp3) is 0.409. The largest absolute Gasteiger partial charge is 0.493 e. The fourth-order valence-electron chi connectivity index (χ4n) is 2.78. The molecule has 0 unspecified atom stereocenters. The third-order valence-electron chi connectivity index (χ3n) is 4.31. The van der Waals surface area contributed by atoms with E-state index in [1.165, 1.54) is 11.1 Å². The highest BCUT2D eigenvalue weighted by Gasteiger charge is 2.13. The number of ether oxygens (including phenoxy) is 2. The zero-order chi connectivity index (χ0) is 18.9. The first-order valence-corrected chi connectivity index (χ1v) is 9.41. The van der Waals surface area contributed by atoms with Crippen molar-refractivity contribution in [1.29, 1.82) is 0 Å². The first kappa shape index (κ1) is 19.8. The Morgan fingerprint density at radius 3 is 2.42 bits per heavy atom. The molecular formula is C22H29NO3. The van der Waals surface area contributed by atoms with Gasteiger partial charge in [-0.1, -0.05) is 39.0 Å². The van der Waals surface area contributed by atoms with Gasteiger partial charge in [0.15, 0.2) is 0 Å². The number of nitrogens with one attached hydrogen (secondary N) is 1. The smallest absolute Gasteiger partial charge is 0.224 e. The highest BCUT2D eigenvalue weighted by atomic mass is 16.5. The van der Waals surface area contributed by atoms with Crippen molar-refractivity contribution >= 4 is 11.6 Å². The van der Waals surface area contributed by atoms with E-state index in [4.69, 9.17) is 9.47 Å². The first-order valence-electron chi connectivity index (χ1n) is 9.41. The second-order valence-corrected chi connectivity index (χ2v) is 6.05. The zero-order valence-corrected chi connectivity index (χ0v) is 16.2. The summed E-state index contributed by atoms with van der Waals surface area (Å²) in [6, 6.07) is 12.0. The molecule has 0 aromatic heterocycles. The fourth-order valence-corrected chi connectivity index (χ4v) is 2.78. The predicted octanol–water partition coefficient (Wildman–Crippen LogP) is 5.14. The summed E-state index contributed by atoms with van der Waals surface area (Å²) in [5, 5.41) is 2.94. The summed E-state index contributed by atoms with van der Waals surface area (Å²) < 4.78 is 11.9. The van der Waals surface area contributed by atoms with Crippen molar-refractivity contribution in [3.63, 3.8) is 0 Å². The van der Waals surface area contributed by atoms with Gasteiger partial charge in [-0.2, -0.15) is 0 Å². The molecule has 2 aromatic carbocycles. The topological polar surface area (TPSA) is 47.6 Å². The Labute approximate surface area is 156 Å². The van der Waals surface area contributed by atoms with Gasteiger partial charge >= 0.3 is 0 Å². The summed E-state index contributed by atoms with van der Waals surface area (Å²) in [5.74, 6) is 1.59. The zero-order valence-electron chi connectivity index (χ0n) is 16.2. The van der Waals surface area contributed by atoms with Crippen LogP contribution in [0.25, 0.3) is 0 Å². The van der Waals surface area contributed by atoms with Crippen LogP contribution in [0.15, 0.2) is 36.4 Å². The summed E-state index contributed by atoms with van der Waals surface area (Å²) >= 11 is 0. The van der Waals surface area contributed by atoms with Crippen molar-refractivity contribution in [2.45, 2.75) is 53.6 Å². The first-order chi connectivity index (χ1) is 12.6. The molecule has 26 heavy (non-hydrogen) atoms. The van der Waals surface area contributed by atoms with Crippen molar-refractivity contribution in [1.82, 2.24) is 0 Å². The van der Waals surface area contributed by atoms with Crippen LogP contribution in [0.3, 0.4) is 0 Å². The maximum absolute atomic E-state index is 11.9. The average molecular weight is 355 g/mol. The maximum Gasteiger partial charge on any atom is 0.224 e. The Hall–Kier alpha value is -2.49. The predicted molar refractivity (Wildman–Crippen MR) is 106 cm³/mol. The number of benzene rings is 2. The van der Waals surface area contributed by atoms with Gasteiger partial charge in [-0.25, -0.2) is 0 Å². The van der Waals surface area contributed by atoms with Gasteiger partial charge in [-0.15, -0.1) is 0 Å². The van der Waals surface area contributed by atoms with E-state index in [2.05, 4.69) is 31.3 Å². The highest BCUT2D eigenvalue weighted by molar-refractivity contribution is 5.91. The Morgan fingerprint density at radius 1 is 0.962 bits per heavy atom. The van der Waals surface area contributed by atoms with Crippen LogP contribution in [0.1, 0.15) is 50.8 Å². The molecule has 0 radical (unpaired) electrons. The SMILES string of the molecule is CCOc1cccc(NC(=O)CC)c1COc1ccc(CC)cc1CC. The average Bonchev–Trinajstić information content (AvgIpc) is 2.67. The lowest BCUT2D eigenvalue weighted by Gasteiger charge is -2.17. The molecule has 2 rings (SSSR count). The molecule has 140 valence electrons. The van der Waals surface area contributed by atoms with Crippen LogP contribution in [0.4, 0.5) is 5.69 Å². The molecular weight excluding hydrogens is 326 g/mol. The van der Waals surface area contributed by atoms with Crippen LogP contribution in [-0.4, -0.2) is 12.5 Å². The van der Waals surface area contributed by atoms with E-state index in [0.29, 0.717) is 19.6 Å². The minimum absolute atomic E-state index is 0.0264. The number of hydrogen-bond donors (Lipinski definition) is 1. The van der Waals surface area contributed by atoms with Gasteiger partial charge in [-0.3, -0.25) is 4.79 Å². The molecule has 1 N–H and O–H groups in total. The second kappa shape index (κ2) is 9.85. The van der Waals surface area contributed by atoms with Crippen LogP contribution in [0, 0.1) is 0 Å². The molecule has 0 aliphatic carbocycles. The Balaban J connectivity index is 2.28. The Morgan fingerprint density at radius 2 is 1.77 bits per heavy atom. The van der Waals surface area contributed by atoms with E-state index in [9.17, 15) is 4.79 Å². The standard InChI is InChI=1S/C22H29NO3/c1-5-16-12-13-20(17(6-2)14-16)26-15-18-19(23-22(24)7-3)10-9-11-21(18)25-8-4/h9-14H,5-8,15H2,1-4H3,(H,23,24). The monoisotopic (exact) mass is 355 g/mol. The Kier molecular flexibility index (Phi) is 7.52. The molecule has 0 fully saturated rings. The van der Waals surface area contributed by atoms with Crippen molar-refractivity contribution in [3.8, 4) is 11.5 Å². The lowest BCUT2D eigenvalue weighted by Crippen LogP contribution is -2.13. The van der Waals surface area contributed by atoms with E-state index in [-0.39, 0.29) is 5.91 Å². The van der Waals surface area contributed by atoms with Crippen LogP contribution in [0.2, 0.25) is 0 Å². The molecule has 0 aliphatic heterocycles. The van der Waals surface area contributed by atoms with Gasteiger partial charge in [0.05, 0.1) is 17.9 Å². The van der Waals surface area contributed by atoms with Crippen LogP contribution >= 0.6 is 0 Å². The van der Waals surface area contributed by atoms with Crippen LogP contribution < -0.4 is 14.8 Å². The van der Waals surface area contributed by atoms with Crippen molar-refractivity contribution in [2.75, 3.05) is 11.9 Å². The maximum atomic E-state index is 11.9. The van der Waals surface area contributed by atoms with Crippen LogP contribution in [-0.2, 0) is 24.2 Å². The molecule has 0 aliphatic rings.